The van der Waals surface area contributed by atoms with Crippen molar-refractivity contribution in [2.45, 2.75) is 39.7 Å². The summed E-state index contributed by atoms with van der Waals surface area (Å²) < 4.78 is 1.58. The predicted octanol–water partition coefficient (Wildman–Crippen LogP) is 2.25. The van der Waals surface area contributed by atoms with Gasteiger partial charge in [0.25, 0.3) is 0 Å². The fourth-order valence-electron chi connectivity index (χ4n) is 2.08. The van der Waals surface area contributed by atoms with Gasteiger partial charge in [-0.05, 0) is 22.3 Å². The third kappa shape index (κ3) is 3.60. The maximum absolute atomic E-state index is 11.1. The molecule has 8 heteroatoms. The van der Waals surface area contributed by atoms with Crippen LogP contribution in [0.25, 0.3) is 11.5 Å². The van der Waals surface area contributed by atoms with Crippen molar-refractivity contribution in [3.63, 3.8) is 0 Å². The SMILES string of the molecule is CC(C)(C)CC(CC(=O)O)n1nnnc1-c1cscn1. The number of carboxylic acid groups (broad SMARTS) is 1. The molecule has 1 atom stereocenters. The van der Waals surface area contributed by atoms with Gasteiger partial charge in [0.05, 0.1) is 18.0 Å². The van der Waals surface area contributed by atoms with Crippen molar-refractivity contribution in [2.24, 2.45) is 5.41 Å². The minimum absolute atomic E-state index is 0.0144. The van der Waals surface area contributed by atoms with Crippen molar-refractivity contribution in [2.75, 3.05) is 0 Å². The standard InChI is InChI=1S/C12H17N5O2S/c1-12(2,3)5-8(4-10(18)19)17-11(14-15-16-17)9-6-20-7-13-9/h6-8H,4-5H2,1-3H3,(H,18,19). The molecular weight excluding hydrogens is 278 g/mol. The Labute approximate surface area is 120 Å². The van der Waals surface area contributed by atoms with Crippen LogP contribution in [0.2, 0.25) is 0 Å². The lowest BCUT2D eigenvalue weighted by Crippen LogP contribution is -2.22. The normalized spacial score (nSPS) is 13.3. The third-order valence-electron chi connectivity index (χ3n) is 2.76. The fourth-order valence-corrected chi connectivity index (χ4v) is 2.62. The maximum Gasteiger partial charge on any atom is 0.305 e. The van der Waals surface area contributed by atoms with E-state index < -0.39 is 5.97 Å². The summed E-state index contributed by atoms with van der Waals surface area (Å²) in [6.07, 6.45) is 0.654. The Morgan fingerprint density at radius 2 is 2.25 bits per heavy atom. The van der Waals surface area contributed by atoms with Crippen LogP contribution in [0.4, 0.5) is 0 Å². The van der Waals surface area contributed by atoms with Gasteiger partial charge in [-0.3, -0.25) is 4.79 Å². The minimum Gasteiger partial charge on any atom is -0.481 e. The van der Waals surface area contributed by atoms with Gasteiger partial charge in [0, 0.05) is 5.38 Å². The number of carboxylic acids is 1. The van der Waals surface area contributed by atoms with Crippen LogP contribution in [-0.2, 0) is 4.79 Å². The lowest BCUT2D eigenvalue weighted by atomic mass is 9.87. The second kappa shape index (κ2) is 5.66. The van der Waals surface area contributed by atoms with Crippen LogP contribution in [0.15, 0.2) is 10.9 Å². The van der Waals surface area contributed by atoms with E-state index in [0.29, 0.717) is 17.9 Å². The summed E-state index contributed by atoms with van der Waals surface area (Å²) >= 11 is 1.45. The third-order valence-corrected chi connectivity index (χ3v) is 3.34. The van der Waals surface area contributed by atoms with Gasteiger partial charge in [0.15, 0.2) is 0 Å². The average Bonchev–Trinajstić information content (AvgIpc) is 2.96. The number of tetrazole rings is 1. The van der Waals surface area contributed by atoms with Crippen LogP contribution in [0.1, 0.15) is 39.7 Å². The lowest BCUT2D eigenvalue weighted by Gasteiger charge is -2.25. The van der Waals surface area contributed by atoms with E-state index in [2.05, 4.69) is 41.3 Å². The molecule has 0 aliphatic rings. The van der Waals surface area contributed by atoms with Crippen LogP contribution < -0.4 is 0 Å². The Hall–Kier alpha value is -1.83. The molecule has 0 aliphatic heterocycles. The van der Waals surface area contributed by atoms with Gasteiger partial charge in [-0.2, -0.15) is 0 Å². The Kier molecular flexibility index (Phi) is 4.12. The highest BCUT2D eigenvalue weighted by Crippen LogP contribution is 2.31. The second-order valence-electron chi connectivity index (χ2n) is 5.84. The molecule has 20 heavy (non-hydrogen) atoms. The van der Waals surface area contributed by atoms with Gasteiger partial charge >= 0.3 is 5.97 Å². The number of carbonyl (C=O) groups is 1. The summed E-state index contributed by atoms with van der Waals surface area (Å²) in [6, 6.07) is -0.292. The highest BCUT2D eigenvalue weighted by Gasteiger charge is 2.26. The first kappa shape index (κ1) is 14.6. The van der Waals surface area contributed by atoms with Crippen molar-refractivity contribution in [1.29, 1.82) is 0 Å². The molecule has 0 fully saturated rings. The molecule has 0 saturated carbocycles. The molecule has 2 aromatic rings. The number of hydrogen-bond donors (Lipinski definition) is 1. The summed E-state index contributed by atoms with van der Waals surface area (Å²) in [5.74, 6) is -0.347. The summed E-state index contributed by atoms with van der Waals surface area (Å²) in [5.41, 5.74) is 2.35. The molecule has 2 rings (SSSR count). The van der Waals surface area contributed by atoms with Gasteiger partial charge < -0.3 is 5.11 Å². The number of rotatable bonds is 5. The minimum atomic E-state index is -0.862. The molecule has 0 amide bonds. The van der Waals surface area contributed by atoms with E-state index in [9.17, 15) is 4.79 Å². The molecule has 0 radical (unpaired) electrons. The van der Waals surface area contributed by atoms with Crippen LogP contribution in [0.3, 0.4) is 0 Å². The molecular formula is C12H17N5O2S. The monoisotopic (exact) mass is 295 g/mol. The summed E-state index contributed by atoms with van der Waals surface area (Å²) in [6.45, 7) is 6.19. The molecule has 0 saturated heterocycles. The van der Waals surface area contributed by atoms with E-state index >= 15 is 0 Å². The van der Waals surface area contributed by atoms with Crippen LogP contribution in [0.5, 0.6) is 0 Å². The zero-order valence-electron chi connectivity index (χ0n) is 11.6. The van der Waals surface area contributed by atoms with E-state index in [1.165, 1.54) is 11.3 Å². The van der Waals surface area contributed by atoms with E-state index in [0.717, 1.165) is 0 Å². The van der Waals surface area contributed by atoms with E-state index in [4.69, 9.17) is 5.11 Å². The highest BCUT2D eigenvalue weighted by atomic mass is 32.1. The molecule has 0 spiro atoms. The average molecular weight is 295 g/mol. The van der Waals surface area contributed by atoms with Gasteiger partial charge in [-0.15, -0.1) is 16.4 Å². The van der Waals surface area contributed by atoms with E-state index in [-0.39, 0.29) is 17.9 Å². The molecule has 0 bridgehead atoms. The summed E-state index contributed by atoms with van der Waals surface area (Å²) in [7, 11) is 0. The topological polar surface area (TPSA) is 93.8 Å². The van der Waals surface area contributed by atoms with Gasteiger partial charge in [-0.1, -0.05) is 20.8 Å². The Morgan fingerprint density at radius 3 is 2.80 bits per heavy atom. The number of nitrogens with zero attached hydrogens (tertiary/aromatic N) is 5. The maximum atomic E-state index is 11.1. The summed E-state index contributed by atoms with van der Waals surface area (Å²) in [5, 5.41) is 22.6. The highest BCUT2D eigenvalue weighted by molar-refractivity contribution is 7.07. The zero-order valence-corrected chi connectivity index (χ0v) is 12.5. The van der Waals surface area contributed by atoms with Crippen molar-refractivity contribution >= 4 is 17.3 Å². The number of aliphatic carboxylic acids is 1. The second-order valence-corrected chi connectivity index (χ2v) is 6.56. The lowest BCUT2D eigenvalue weighted by molar-refractivity contribution is -0.138. The van der Waals surface area contributed by atoms with Gasteiger partial charge in [-0.25, -0.2) is 9.67 Å². The first-order valence-corrected chi connectivity index (χ1v) is 7.19. The van der Waals surface area contributed by atoms with Crippen LogP contribution in [-0.4, -0.2) is 36.3 Å². The van der Waals surface area contributed by atoms with Crippen molar-refractivity contribution < 1.29 is 9.90 Å². The number of aromatic nitrogens is 5. The molecule has 1 unspecified atom stereocenters. The van der Waals surface area contributed by atoms with Crippen molar-refractivity contribution in [3.8, 4) is 11.5 Å². The molecule has 0 aliphatic carbocycles. The first-order chi connectivity index (χ1) is 9.37. The quantitative estimate of drug-likeness (QED) is 0.909. The number of hydrogen-bond acceptors (Lipinski definition) is 6. The molecule has 1 N–H and O–H groups in total. The Balaban J connectivity index is 2.34. The molecule has 7 nitrogen and oxygen atoms in total. The van der Waals surface area contributed by atoms with Crippen LogP contribution >= 0.6 is 11.3 Å². The van der Waals surface area contributed by atoms with E-state index in [1.807, 2.05) is 5.38 Å². The fraction of sp³-hybridized carbons (Fsp3) is 0.583. The van der Waals surface area contributed by atoms with Gasteiger partial charge in [0.2, 0.25) is 5.82 Å². The first-order valence-electron chi connectivity index (χ1n) is 6.25. The smallest absolute Gasteiger partial charge is 0.305 e. The molecule has 108 valence electrons. The predicted molar refractivity (Wildman–Crippen MR) is 74.3 cm³/mol. The molecule has 2 heterocycles. The van der Waals surface area contributed by atoms with Crippen molar-refractivity contribution in [1.82, 2.24) is 25.2 Å². The Morgan fingerprint density at radius 1 is 1.50 bits per heavy atom. The van der Waals surface area contributed by atoms with Gasteiger partial charge in [0.1, 0.15) is 5.69 Å². The molecule has 2 aromatic heterocycles. The zero-order chi connectivity index (χ0) is 14.8. The molecule has 0 aromatic carbocycles. The van der Waals surface area contributed by atoms with E-state index in [1.54, 1.807) is 10.2 Å². The van der Waals surface area contributed by atoms with Crippen LogP contribution in [0, 0.1) is 5.41 Å². The largest absolute Gasteiger partial charge is 0.481 e. The van der Waals surface area contributed by atoms with Crippen molar-refractivity contribution in [3.05, 3.63) is 10.9 Å². The summed E-state index contributed by atoms with van der Waals surface area (Å²) in [4.78, 5) is 15.3. The Bertz CT molecular complexity index is 573. The number of thiazole rings is 1.